The van der Waals surface area contributed by atoms with E-state index >= 15 is 0 Å². The van der Waals surface area contributed by atoms with Gasteiger partial charge < -0.3 is 5.32 Å². The number of nitrogens with zero attached hydrogens (tertiary/aromatic N) is 2. The molecule has 0 saturated heterocycles. The predicted molar refractivity (Wildman–Crippen MR) is 94.2 cm³/mol. The molecule has 0 bridgehead atoms. The second-order valence-corrected chi connectivity index (χ2v) is 7.38. The van der Waals surface area contributed by atoms with Gasteiger partial charge in [0.1, 0.15) is 0 Å². The van der Waals surface area contributed by atoms with Gasteiger partial charge in [0.2, 0.25) is 0 Å². The van der Waals surface area contributed by atoms with Gasteiger partial charge in [-0.15, -0.1) is 0 Å². The average Bonchev–Trinajstić information content (AvgIpc) is 3.01. The van der Waals surface area contributed by atoms with E-state index in [1.54, 1.807) is 37.5 Å². The second kappa shape index (κ2) is 6.59. The van der Waals surface area contributed by atoms with Crippen LogP contribution in [0.2, 0.25) is 0 Å². The smallest absolute Gasteiger partial charge is 0.269 e. The van der Waals surface area contributed by atoms with Gasteiger partial charge in [0.15, 0.2) is 5.82 Å². The Morgan fingerprint density at radius 2 is 1.71 bits per heavy atom. The fraction of sp³-hybridized carbons (Fsp3) is 0.167. The molecule has 6 heteroatoms. The van der Waals surface area contributed by atoms with Gasteiger partial charge in [-0.1, -0.05) is 48.0 Å². The fourth-order valence-electron chi connectivity index (χ4n) is 2.46. The van der Waals surface area contributed by atoms with E-state index in [0.717, 1.165) is 11.1 Å². The number of nitrogens with one attached hydrogen (secondary N) is 1. The summed E-state index contributed by atoms with van der Waals surface area (Å²) in [6, 6.07) is 16.2. The Labute approximate surface area is 142 Å². The van der Waals surface area contributed by atoms with Gasteiger partial charge >= 0.3 is 0 Å². The van der Waals surface area contributed by atoms with Crippen LogP contribution in [-0.2, 0) is 16.6 Å². The summed E-state index contributed by atoms with van der Waals surface area (Å²) in [6.45, 7) is 2.42. The highest BCUT2D eigenvalue weighted by Gasteiger charge is 2.22. The van der Waals surface area contributed by atoms with E-state index in [1.807, 2.05) is 37.3 Å². The van der Waals surface area contributed by atoms with Crippen molar-refractivity contribution < 1.29 is 8.42 Å². The zero-order valence-corrected chi connectivity index (χ0v) is 14.4. The Kier molecular flexibility index (Phi) is 4.51. The molecule has 1 heterocycles. The number of hydrogen-bond donors (Lipinski definition) is 1. The lowest BCUT2D eigenvalue weighted by Crippen LogP contribution is -2.13. The van der Waals surface area contributed by atoms with Crippen molar-refractivity contribution in [3.63, 3.8) is 0 Å². The number of aryl methyl sites for hydroxylation is 1. The average molecular weight is 341 g/mol. The molecule has 124 valence electrons. The van der Waals surface area contributed by atoms with E-state index in [4.69, 9.17) is 0 Å². The summed E-state index contributed by atoms with van der Waals surface area (Å²) in [5, 5.41) is 3.00. The predicted octanol–water partition coefficient (Wildman–Crippen LogP) is 2.81. The summed E-state index contributed by atoms with van der Waals surface area (Å²) >= 11 is 0. The van der Waals surface area contributed by atoms with Crippen LogP contribution in [0.5, 0.6) is 0 Å². The molecule has 1 aromatic heterocycles. The number of rotatable bonds is 5. The monoisotopic (exact) mass is 341 g/mol. The molecule has 24 heavy (non-hydrogen) atoms. The molecule has 0 aliphatic heterocycles. The molecule has 3 rings (SSSR count). The molecule has 0 spiro atoms. The topological polar surface area (TPSA) is 64.0 Å². The lowest BCUT2D eigenvalue weighted by molar-refractivity contribution is 0.587. The first-order valence-corrected chi connectivity index (χ1v) is 9.07. The van der Waals surface area contributed by atoms with E-state index in [1.165, 1.54) is 3.97 Å². The minimum atomic E-state index is -3.71. The molecular weight excluding hydrogens is 322 g/mol. The van der Waals surface area contributed by atoms with E-state index in [2.05, 4.69) is 10.3 Å². The minimum Gasteiger partial charge on any atom is -0.314 e. The number of hydrogen-bond acceptors (Lipinski definition) is 4. The zero-order valence-electron chi connectivity index (χ0n) is 13.6. The molecule has 0 atom stereocenters. The molecule has 5 nitrogen and oxygen atoms in total. The maximum atomic E-state index is 13.1. The SMILES string of the molecule is CNCc1cn(S(=O)(=O)c2ccc(C)cc2)c(-c2ccccc2)n1. The Morgan fingerprint density at radius 3 is 2.33 bits per heavy atom. The second-order valence-electron chi connectivity index (χ2n) is 5.57. The molecule has 0 fully saturated rings. The molecule has 0 aliphatic rings. The van der Waals surface area contributed by atoms with E-state index in [9.17, 15) is 8.42 Å². The summed E-state index contributed by atoms with van der Waals surface area (Å²) in [7, 11) is -1.90. The van der Waals surface area contributed by atoms with Crippen molar-refractivity contribution in [1.82, 2.24) is 14.3 Å². The van der Waals surface area contributed by atoms with Gasteiger partial charge in [-0.25, -0.2) is 17.4 Å². The molecule has 1 N–H and O–H groups in total. The van der Waals surface area contributed by atoms with Crippen LogP contribution in [0.3, 0.4) is 0 Å². The molecule has 0 radical (unpaired) electrons. The van der Waals surface area contributed by atoms with Crippen LogP contribution < -0.4 is 5.32 Å². The molecule has 2 aromatic carbocycles. The maximum Gasteiger partial charge on any atom is 0.269 e. The van der Waals surface area contributed by atoms with E-state index < -0.39 is 10.0 Å². The van der Waals surface area contributed by atoms with Gasteiger partial charge in [-0.05, 0) is 26.1 Å². The van der Waals surface area contributed by atoms with Crippen molar-refractivity contribution in [3.05, 3.63) is 72.1 Å². The molecule has 0 unspecified atom stereocenters. The Morgan fingerprint density at radius 1 is 1.04 bits per heavy atom. The van der Waals surface area contributed by atoms with Crippen molar-refractivity contribution in [2.24, 2.45) is 0 Å². The molecule has 0 aliphatic carbocycles. The summed E-state index contributed by atoms with van der Waals surface area (Å²) in [5.41, 5.74) is 2.45. The number of benzene rings is 2. The third kappa shape index (κ3) is 3.11. The lowest BCUT2D eigenvalue weighted by atomic mass is 10.2. The van der Waals surface area contributed by atoms with Crippen LogP contribution in [0.1, 0.15) is 11.3 Å². The largest absolute Gasteiger partial charge is 0.314 e. The first-order valence-electron chi connectivity index (χ1n) is 7.63. The first-order chi connectivity index (χ1) is 11.5. The minimum absolute atomic E-state index is 0.249. The van der Waals surface area contributed by atoms with Gasteiger partial charge in [0.05, 0.1) is 10.6 Å². The van der Waals surface area contributed by atoms with E-state index in [-0.39, 0.29) is 4.90 Å². The van der Waals surface area contributed by atoms with Crippen molar-refractivity contribution in [2.75, 3.05) is 7.05 Å². The fourth-order valence-corrected chi connectivity index (χ4v) is 3.80. The lowest BCUT2D eigenvalue weighted by Gasteiger charge is -2.09. The van der Waals surface area contributed by atoms with Crippen LogP contribution >= 0.6 is 0 Å². The zero-order chi connectivity index (χ0) is 17.2. The van der Waals surface area contributed by atoms with Crippen LogP contribution in [-0.4, -0.2) is 24.4 Å². The third-order valence-corrected chi connectivity index (χ3v) is 5.36. The standard InChI is InChI=1S/C18H19N3O2S/c1-14-8-10-17(11-9-14)24(22,23)21-13-16(12-19-2)20-18(21)15-6-4-3-5-7-15/h3-11,13,19H,12H2,1-2H3. The Balaban J connectivity index is 2.17. The molecule has 3 aromatic rings. The van der Waals surface area contributed by atoms with E-state index in [0.29, 0.717) is 18.1 Å². The number of aromatic nitrogens is 2. The molecule has 0 saturated carbocycles. The van der Waals surface area contributed by atoms with Gasteiger partial charge in [-0.3, -0.25) is 0 Å². The normalized spacial score (nSPS) is 11.6. The van der Waals surface area contributed by atoms with Crippen molar-refractivity contribution >= 4 is 10.0 Å². The van der Waals surface area contributed by atoms with Crippen molar-refractivity contribution in [1.29, 1.82) is 0 Å². The highest BCUT2D eigenvalue weighted by molar-refractivity contribution is 7.90. The van der Waals surface area contributed by atoms with Gasteiger partial charge in [0.25, 0.3) is 10.0 Å². The first kappa shape index (κ1) is 16.4. The summed E-state index contributed by atoms with van der Waals surface area (Å²) in [5.74, 6) is 0.418. The maximum absolute atomic E-state index is 13.1. The van der Waals surface area contributed by atoms with Crippen LogP contribution in [0.15, 0.2) is 65.7 Å². The quantitative estimate of drug-likeness (QED) is 0.775. The van der Waals surface area contributed by atoms with Crippen LogP contribution in [0.25, 0.3) is 11.4 Å². The highest BCUT2D eigenvalue weighted by atomic mass is 32.2. The van der Waals surface area contributed by atoms with Crippen molar-refractivity contribution in [2.45, 2.75) is 18.4 Å². The molecule has 0 amide bonds. The Bertz CT molecular complexity index is 930. The highest BCUT2D eigenvalue weighted by Crippen LogP contribution is 2.24. The summed E-state index contributed by atoms with van der Waals surface area (Å²) in [4.78, 5) is 4.75. The summed E-state index contributed by atoms with van der Waals surface area (Å²) in [6.07, 6.45) is 1.58. The van der Waals surface area contributed by atoms with Crippen LogP contribution in [0, 0.1) is 6.92 Å². The van der Waals surface area contributed by atoms with Crippen LogP contribution in [0.4, 0.5) is 0 Å². The van der Waals surface area contributed by atoms with Gasteiger partial charge in [0, 0.05) is 18.3 Å². The van der Waals surface area contributed by atoms with Crippen molar-refractivity contribution in [3.8, 4) is 11.4 Å². The number of imidazole rings is 1. The van der Waals surface area contributed by atoms with Gasteiger partial charge in [-0.2, -0.15) is 0 Å². The summed E-state index contributed by atoms with van der Waals surface area (Å²) < 4.78 is 27.4. The Hall–Kier alpha value is -2.44. The molecular formula is C18H19N3O2S. The third-order valence-electron chi connectivity index (χ3n) is 3.69.